The molecule has 0 saturated heterocycles. The SMILES string of the molecule is CNc1ncnc(NC(C)CCc2ccco2)c1Br. The minimum Gasteiger partial charge on any atom is -0.469 e. The molecule has 0 saturated carbocycles. The number of rotatable bonds is 6. The summed E-state index contributed by atoms with van der Waals surface area (Å²) < 4.78 is 6.17. The fraction of sp³-hybridized carbons (Fsp3) is 0.385. The average molecular weight is 325 g/mol. The van der Waals surface area contributed by atoms with Crippen LogP contribution in [0.5, 0.6) is 0 Å². The second-order valence-corrected chi connectivity index (χ2v) is 5.09. The first kappa shape index (κ1) is 13.9. The summed E-state index contributed by atoms with van der Waals surface area (Å²) in [6.07, 6.45) is 5.12. The maximum atomic E-state index is 5.32. The standard InChI is InChI=1S/C13H17BrN4O/c1-9(5-6-10-4-3-7-19-10)18-13-11(14)12(15-2)16-8-17-13/h3-4,7-9H,5-6H2,1-2H3,(H2,15,16,17,18). The van der Waals surface area contributed by atoms with Crippen molar-refractivity contribution in [2.24, 2.45) is 0 Å². The first-order valence-corrected chi connectivity index (χ1v) is 6.97. The summed E-state index contributed by atoms with van der Waals surface area (Å²) in [6, 6.07) is 4.20. The Labute approximate surface area is 121 Å². The van der Waals surface area contributed by atoms with Gasteiger partial charge in [0, 0.05) is 19.5 Å². The first-order valence-electron chi connectivity index (χ1n) is 6.18. The van der Waals surface area contributed by atoms with Crippen molar-refractivity contribution in [1.29, 1.82) is 0 Å². The fourth-order valence-corrected chi connectivity index (χ4v) is 2.28. The van der Waals surface area contributed by atoms with Crippen LogP contribution >= 0.6 is 15.9 Å². The number of nitrogens with zero attached hydrogens (tertiary/aromatic N) is 2. The molecule has 1 atom stereocenters. The van der Waals surface area contributed by atoms with Gasteiger partial charge in [-0.3, -0.25) is 0 Å². The second kappa shape index (κ2) is 6.56. The topological polar surface area (TPSA) is 63.0 Å². The van der Waals surface area contributed by atoms with E-state index < -0.39 is 0 Å². The van der Waals surface area contributed by atoms with Crippen LogP contribution in [0.1, 0.15) is 19.1 Å². The van der Waals surface area contributed by atoms with Gasteiger partial charge in [-0.1, -0.05) is 0 Å². The normalized spacial score (nSPS) is 12.2. The molecule has 5 nitrogen and oxygen atoms in total. The lowest BCUT2D eigenvalue weighted by atomic mass is 10.1. The molecule has 19 heavy (non-hydrogen) atoms. The van der Waals surface area contributed by atoms with Gasteiger partial charge < -0.3 is 15.1 Å². The molecular formula is C13H17BrN4O. The van der Waals surface area contributed by atoms with Crippen molar-refractivity contribution in [2.75, 3.05) is 17.7 Å². The lowest BCUT2D eigenvalue weighted by molar-refractivity contribution is 0.495. The van der Waals surface area contributed by atoms with E-state index in [2.05, 4.69) is 43.5 Å². The van der Waals surface area contributed by atoms with E-state index in [0.717, 1.165) is 34.7 Å². The maximum Gasteiger partial charge on any atom is 0.146 e. The lowest BCUT2D eigenvalue weighted by Crippen LogP contribution is -2.17. The minimum atomic E-state index is 0.293. The van der Waals surface area contributed by atoms with E-state index in [1.807, 2.05) is 19.2 Å². The van der Waals surface area contributed by atoms with Crippen LogP contribution in [0.2, 0.25) is 0 Å². The van der Waals surface area contributed by atoms with Crippen LogP contribution in [-0.4, -0.2) is 23.1 Å². The van der Waals surface area contributed by atoms with Crippen molar-refractivity contribution in [3.63, 3.8) is 0 Å². The van der Waals surface area contributed by atoms with E-state index in [1.165, 1.54) is 6.33 Å². The summed E-state index contributed by atoms with van der Waals surface area (Å²) >= 11 is 3.49. The van der Waals surface area contributed by atoms with Crippen molar-refractivity contribution in [3.8, 4) is 0 Å². The Bertz CT molecular complexity index is 515. The molecule has 1 unspecified atom stereocenters. The summed E-state index contributed by atoms with van der Waals surface area (Å²) in [5, 5.41) is 6.38. The Morgan fingerprint density at radius 3 is 2.84 bits per heavy atom. The van der Waals surface area contributed by atoms with Crippen LogP contribution in [0.3, 0.4) is 0 Å². The first-order chi connectivity index (χ1) is 9.20. The molecule has 2 aromatic heterocycles. The van der Waals surface area contributed by atoms with E-state index in [4.69, 9.17) is 4.42 Å². The van der Waals surface area contributed by atoms with Gasteiger partial charge in [-0.25, -0.2) is 9.97 Å². The Kier molecular flexibility index (Phi) is 4.79. The maximum absolute atomic E-state index is 5.32. The fourth-order valence-electron chi connectivity index (χ4n) is 1.76. The Morgan fingerprint density at radius 1 is 1.37 bits per heavy atom. The zero-order valence-electron chi connectivity index (χ0n) is 11.0. The predicted molar refractivity (Wildman–Crippen MR) is 79.4 cm³/mol. The summed E-state index contributed by atoms with van der Waals surface area (Å²) in [5.41, 5.74) is 0. The molecule has 0 spiro atoms. The highest BCUT2D eigenvalue weighted by Gasteiger charge is 2.10. The Hall–Kier alpha value is -1.56. The summed E-state index contributed by atoms with van der Waals surface area (Å²) in [4.78, 5) is 8.37. The number of hydrogen-bond acceptors (Lipinski definition) is 5. The quantitative estimate of drug-likeness (QED) is 0.853. The van der Waals surface area contributed by atoms with Crippen LogP contribution < -0.4 is 10.6 Å². The predicted octanol–water partition coefficient (Wildman–Crippen LogP) is 3.31. The van der Waals surface area contributed by atoms with Crippen LogP contribution in [0, 0.1) is 0 Å². The number of aryl methyl sites for hydroxylation is 1. The highest BCUT2D eigenvalue weighted by atomic mass is 79.9. The molecule has 0 amide bonds. The summed E-state index contributed by atoms with van der Waals surface area (Å²) in [7, 11) is 1.83. The zero-order valence-corrected chi connectivity index (χ0v) is 12.6. The Morgan fingerprint density at radius 2 is 2.16 bits per heavy atom. The highest BCUT2D eigenvalue weighted by Crippen LogP contribution is 2.26. The molecular weight excluding hydrogens is 308 g/mol. The molecule has 0 aliphatic carbocycles. The van der Waals surface area contributed by atoms with Crippen molar-refractivity contribution in [3.05, 3.63) is 35.0 Å². The van der Waals surface area contributed by atoms with Gasteiger partial charge >= 0.3 is 0 Å². The van der Waals surface area contributed by atoms with Gasteiger partial charge in [-0.2, -0.15) is 0 Å². The molecule has 0 bridgehead atoms. The molecule has 2 heterocycles. The van der Waals surface area contributed by atoms with Crippen LogP contribution in [0.25, 0.3) is 0 Å². The molecule has 0 radical (unpaired) electrons. The van der Waals surface area contributed by atoms with Gasteiger partial charge in [0.15, 0.2) is 0 Å². The number of aromatic nitrogens is 2. The van der Waals surface area contributed by atoms with Crippen molar-refractivity contribution >= 4 is 27.6 Å². The van der Waals surface area contributed by atoms with E-state index in [0.29, 0.717) is 6.04 Å². The van der Waals surface area contributed by atoms with Gasteiger partial charge in [0.05, 0.1) is 6.26 Å². The summed E-state index contributed by atoms with van der Waals surface area (Å²) in [6.45, 7) is 2.12. The number of anilines is 2. The second-order valence-electron chi connectivity index (χ2n) is 4.30. The van der Waals surface area contributed by atoms with Crippen molar-refractivity contribution in [1.82, 2.24) is 9.97 Å². The molecule has 0 fully saturated rings. The van der Waals surface area contributed by atoms with Gasteiger partial charge in [0.1, 0.15) is 28.2 Å². The third kappa shape index (κ3) is 3.70. The van der Waals surface area contributed by atoms with E-state index >= 15 is 0 Å². The molecule has 0 aromatic carbocycles. The molecule has 6 heteroatoms. The van der Waals surface area contributed by atoms with E-state index in [-0.39, 0.29) is 0 Å². The number of furan rings is 1. The van der Waals surface area contributed by atoms with Gasteiger partial charge in [-0.05, 0) is 41.4 Å². The third-order valence-electron chi connectivity index (χ3n) is 2.81. The molecule has 0 aliphatic heterocycles. The number of halogens is 1. The van der Waals surface area contributed by atoms with Crippen LogP contribution in [0.4, 0.5) is 11.6 Å². The number of nitrogens with one attached hydrogen (secondary N) is 2. The zero-order chi connectivity index (χ0) is 13.7. The monoisotopic (exact) mass is 324 g/mol. The number of hydrogen-bond donors (Lipinski definition) is 2. The van der Waals surface area contributed by atoms with Crippen molar-refractivity contribution < 1.29 is 4.42 Å². The average Bonchev–Trinajstić information content (AvgIpc) is 2.92. The van der Waals surface area contributed by atoms with Gasteiger partial charge in [0.2, 0.25) is 0 Å². The van der Waals surface area contributed by atoms with Crippen molar-refractivity contribution in [2.45, 2.75) is 25.8 Å². The van der Waals surface area contributed by atoms with Crippen LogP contribution in [0.15, 0.2) is 33.6 Å². The van der Waals surface area contributed by atoms with E-state index in [9.17, 15) is 0 Å². The molecule has 0 aliphatic rings. The van der Waals surface area contributed by atoms with Gasteiger partial charge in [-0.15, -0.1) is 0 Å². The third-order valence-corrected chi connectivity index (χ3v) is 3.56. The lowest BCUT2D eigenvalue weighted by Gasteiger charge is -2.15. The summed E-state index contributed by atoms with van der Waals surface area (Å²) in [5.74, 6) is 2.58. The highest BCUT2D eigenvalue weighted by molar-refractivity contribution is 9.10. The molecule has 2 rings (SSSR count). The smallest absolute Gasteiger partial charge is 0.146 e. The van der Waals surface area contributed by atoms with Crippen LogP contribution in [-0.2, 0) is 6.42 Å². The minimum absolute atomic E-state index is 0.293. The van der Waals surface area contributed by atoms with E-state index in [1.54, 1.807) is 6.26 Å². The van der Waals surface area contributed by atoms with Gasteiger partial charge in [0.25, 0.3) is 0 Å². The molecule has 2 aromatic rings. The molecule has 102 valence electrons. The molecule has 2 N–H and O–H groups in total. The largest absolute Gasteiger partial charge is 0.469 e. The Balaban J connectivity index is 1.93.